The molecular formula is C18H24ClN4O5+. The quantitative estimate of drug-likeness (QED) is 0.317. The van der Waals surface area contributed by atoms with Gasteiger partial charge < -0.3 is 25.1 Å². The van der Waals surface area contributed by atoms with Gasteiger partial charge >= 0.3 is 17.3 Å². The molecule has 0 radical (unpaired) electrons. The molecule has 0 saturated carbocycles. The molecule has 0 aliphatic carbocycles. The summed E-state index contributed by atoms with van der Waals surface area (Å²) in [6.07, 6.45) is 4.95. The Labute approximate surface area is 167 Å². The molecular weight excluding hydrogens is 388 g/mol. The molecule has 1 aromatic rings. The summed E-state index contributed by atoms with van der Waals surface area (Å²) in [6, 6.07) is 0. The number of unbranched alkanes of at least 4 members (excludes halogenated alkanes) is 2. The number of carbonyl (C=O) groups is 1. The summed E-state index contributed by atoms with van der Waals surface area (Å²) in [5.74, 6) is 1.17. The molecule has 2 atom stereocenters. The second kappa shape index (κ2) is 8.32. The van der Waals surface area contributed by atoms with Crippen molar-refractivity contribution in [3.05, 3.63) is 17.0 Å². The fourth-order valence-electron chi connectivity index (χ4n) is 3.07. The van der Waals surface area contributed by atoms with E-state index in [2.05, 4.69) is 16.9 Å². The highest BCUT2D eigenvalue weighted by Crippen LogP contribution is 2.35. The lowest BCUT2D eigenvalue weighted by Gasteiger charge is -2.26. The highest BCUT2D eigenvalue weighted by atomic mass is 35.5. The average molecular weight is 412 g/mol. The van der Waals surface area contributed by atoms with Crippen LogP contribution in [0, 0.1) is 0 Å². The van der Waals surface area contributed by atoms with E-state index in [1.807, 2.05) is 0 Å². The average Bonchev–Trinajstić information content (AvgIpc) is 3.21. The number of hydrogen-bond donors (Lipinski definition) is 2. The van der Waals surface area contributed by atoms with Crippen LogP contribution < -0.4 is 5.73 Å². The molecule has 0 amide bonds. The van der Waals surface area contributed by atoms with Gasteiger partial charge in [-0.05, 0) is 36.0 Å². The molecule has 2 aliphatic heterocycles. The number of rotatable bonds is 6. The van der Waals surface area contributed by atoms with E-state index in [9.17, 15) is 9.90 Å². The zero-order valence-electron chi connectivity index (χ0n) is 15.9. The van der Waals surface area contributed by atoms with Crippen LogP contribution in [0.5, 0.6) is 0 Å². The molecule has 3 rings (SSSR count). The SMILES string of the molecule is CCCCCOC(=O)O[C@H]1CC(=[N+]2C=Cc3c(N)nc(Cl)nc32)O[C@]1(C)CO. The molecule has 3 heterocycles. The van der Waals surface area contributed by atoms with Crippen molar-refractivity contribution in [2.24, 2.45) is 0 Å². The Morgan fingerprint density at radius 1 is 1.50 bits per heavy atom. The summed E-state index contributed by atoms with van der Waals surface area (Å²) in [5, 5.41) is 9.84. The van der Waals surface area contributed by atoms with Gasteiger partial charge in [0, 0.05) is 0 Å². The third kappa shape index (κ3) is 4.05. The first kappa shape index (κ1) is 20.3. The Morgan fingerprint density at radius 3 is 3.00 bits per heavy atom. The van der Waals surface area contributed by atoms with Crippen molar-refractivity contribution in [3.63, 3.8) is 0 Å². The Bertz CT molecular complexity index is 828. The van der Waals surface area contributed by atoms with E-state index in [1.54, 1.807) is 23.8 Å². The third-order valence-electron chi connectivity index (χ3n) is 4.73. The van der Waals surface area contributed by atoms with Crippen LogP contribution in [0.4, 0.5) is 16.4 Å². The number of aromatic nitrogens is 2. The van der Waals surface area contributed by atoms with Crippen molar-refractivity contribution in [2.45, 2.75) is 51.2 Å². The Morgan fingerprint density at radius 2 is 2.29 bits per heavy atom. The van der Waals surface area contributed by atoms with Gasteiger partial charge in [-0.3, -0.25) is 0 Å². The minimum Gasteiger partial charge on any atom is -0.452 e. The lowest BCUT2D eigenvalue weighted by atomic mass is 10.0. The van der Waals surface area contributed by atoms with Gasteiger partial charge in [-0.1, -0.05) is 19.8 Å². The van der Waals surface area contributed by atoms with Crippen molar-refractivity contribution in [1.82, 2.24) is 9.97 Å². The maximum atomic E-state index is 12.0. The summed E-state index contributed by atoms with van der Waals surface area (Å²) in [6.45, 7) is 3.68. The number of anilines is 1. The molecule has 3 N–H and O–H groups in total. The molecule has 1 aromatic heterocycles. The van der Waals surface area contributed by atoms with Crippen LogP contribution in [0.25, 0.3) is 6.08 Å². The zero-order chi connectivity index (χ0) is 20.3. The number of fused-ring (bicyclic) bond motifs is 1. The van der Waals surface area contributed by atoms with Gasteiger partial charge in [0.15, 0.2) is 11.7 Å². The number of nitrogens with zero attached hydrogens (tertiary/aromatic N) is 3. The summed E-state index contributed by atoms with van der Waals surface area (Å²) < 4.78 is 18.1. The van der Waals surface area contributed by atoms with E-state index in [0.29, 0.717) is 23.9 Å². The first-order valence-corrected chi connectivity index (χ1v) is 9.55. The second-order valence-electron chi connectivity index (χ2n) is 6.88. The summed E-state index contributed by atoms with van der Waals surface area (Å²) in [4.78, 5) is 20.1. The van der Waals surface area contributed by atoms with Crippen LogP contribution in [0.1, 0.15) is 45.1 Å². The van der Waals surface area contributed by atoms with Crippen LogP contribution >= 0.6 is 11.6 Å². The number of aliphatic hydroxyl groups excluding tert-OH is 1. The summed E-state index contributed by atoms with van der Waals surface area (Å²) in [7, 11) is 0. The van der Waals surface area contributed by atoms with Crippen molar-refractivity contribution in [2.75, 3.05) is 18.9 Å². The minimum atomic E-state index is -1.11. The molecule has 152 valence electrons. The molecule has 28 heavy (non-hydrogen) atoms. The predicted molar refractivity (Wildman–Crippen MR) is 102 cm³/mol. The number of carbonyl (C=O) groups excluding carboxylic acids is 1. The van der Waals surface area contributed by atoms with Gasteiger partial charge in [-0.15, -0.1) is 0 Å². The van der Waals surface area contributed by atoms with E-state index in [0.717, 1.165) is 19.3 Å². The van der Waals surface area contributed by atoms with Gasteiger partial charge in [0.2, 0.25) is 0 Å². The van der Waals surface area contributed by atoms with Crippen LogP contribution in [0.2, 0.25) is 5.28 Å². The van der Waals surface area contributed by atoms with Crippen LogP contribution in [-0.4, -0.2) is 56.6 Å². The first-order valence-electron chi connectivity index (χ1n) is 9.17. The molecule has 0 aromatic carbocycles. The standard InChI is InChI=1S/C18H24ClN4O5/c1-3-4-5-8-26-17(25)27-12-9-13(28-18(12,2)10-24)23-7-6-11-14(20)21-16(19)22-15(11)23/h6-7,12,24H,3-5,8-10H2,1-2H3,(H2,20,21,22)/q+1/t12-,18+/m0/s1. The minimum absolute atomic E-state index is 0.0110. The predicted octanol–water partition coefficient (Wildman–Crippen LogP) is 2.62. The van der Waals surface area contributed by atoms with Crippen LogP contribution in [0.15, 0.2) is 6.20 Å². The van der Waals surface area contributed by atoms with Gasteiger partial charge in [-0.25, -0.2) is 4.79 Å². The Hall–Kier alpha value is -2.39. The summed E-state index contributed by atoms with van der Waals surface area (Å²) in [5.41, 5.74) is 5.39. The fourth-order valence-corrected chi connectivity index (χ4v) is 3.24. The molecule has 0 spiro atoms. The fraction of sp³-hybridized carbons (Fsp3) is 0.556. The topological polar surface area (TPSA) is 120 Å². The number of hydrogen-bond acceptors (Lipinski definition) is 8. The molecule has 1 fully saturated rings. The highest BCUT2D eigenvalue weighted by Gasteiger charge is 2.50. The first-order chi connectivity index (χ1) is 13.4. The van der Waals surface area contributed by atoms with E-state index in [-0.39, 0.29) is 24.1 Å². The highest BCUT2D eigenvalue weighted by molar-refractivity contribution is 6.28. The maximum Gasteiger partial charge on any atom is 0.508 e. The molecule has 10 heteroatoms. The number of nitrogen functional groups attached to an aromatic ring is 1. The van der Waals surface area contributed by atoms with Crippen molar-refractivity contribution < 1.29 is 28.7 Å². The number of halogens is 1. The Kier molecular flexibility index (Phi) is 6.04. The van der Waals surface area contributed by atoms with Gasteiger partial charge in [0.1, 0.15) is 17.6 Å². The number of nitrogens with two attached hydrogens (primary N) is 1. The maximum absolute atomic E-state index is 12.0. The zero-order valence-corrected chi connectivity index (χ0v) is 16.6. The monoisotopic (exact) mass is 411 g/mol. The molecule has 9 nitrogen and oxygen atoms in total. The summed E-state index contributed by atoms with van der Waals surface area (Å²) >= 11 is 5.92. The largest absolute Gasteiger partial charge is 0.508 e. The van der Waals surface area contributed by atoms with Crippen LogP contribution in [-0.2, 0) is 14.2 Å². The van der Waals surface area contributed by atoms with Gasteiger partial charge in [0.05, 0.1) is 19.6 Å². The van der Waals surface area contributed by atoms with E-state index in [4.69, 9.17) is 31.5 Å². The van der Waals surface area contributed by atoms with Crippen molar-refractivity contribution >= 4 is 41.4 Å². The van der Waals surface area contributed by atoms with Crippen molar-refractivity contribution in [3.8, 4) is 0 Å². The van der Waals surface area contributed by atoms with E-state index >= 15 is 0 Å². The number of aliphatic hydroxyl groups is 1. The lowest BCUT2D eigenvalue weighted by Crippen LogP contribution is -2.42. The van der Waals surface area contributed by atoms with Crippen LogP contribution in [0.3, 0.4) is 0 Å². The lowest BCUT2D eigenvalue weighted by molar-refractivity contribution is -0.374. The molecule has 1 saturated heterocycles. The normalized spacial score (nSPS) is 25.5. The number of ether oxygens (including phenoxy) is 3. The molecule has 0 bridgehead atoms. The van der Waals surface area contributed by atoms with E-state index in [1.165, 1.54) is 0 Å². The third-order valence-corrected chi connectivity index (χ3v) is 4.90. The molecule has 0 unspecified atom stereocenters. The Balaban J connectivity index is 1.78. The smallest absolute Gasteiger partial charge is 0.452 e. The van der Waals surface area contributed by atoms with Gasteiger partial charge in [0.25, 0.3) is 5.90 Å². The van der Waals surface area contributed by atoms with Crippen molar-refractivity contribution in [1.29, 1.82) is 0 Å². The van der Waals surface area contributed by atoms with Gasteiger partial charge in [-0.2, -0.15) is 9.56 Å². The second-order valence-corrected chi connectivity index (χ2v) is 7.22. The molecule has 2 aliphatic rings. The van der Waals surface area contributed by atoms with E-state index < -0.39 is 17.9 Å².